The van der Waals surface area contributed by atoms with Crippen molar-refractivity contribution >= 4 is 27.0 Å². The van der Waals surface area contributed by atoms with Crippen molar-refractivity contribution in [2.24, 2.45) is 14.1 Å². The number of aryl methyl sites for hydroxylation is 2. The van der Waals surface area contributed by atoms with E-state index in [0.29, 0.717) is 11.0 Å². The Labute approximate surface area is 114 Å². The summed E-state index contributed by atoms with van der Waals surface area (Å²) >= 11 is 0. The molecule has 0 aliphatic rings. The van der Waals surface area contributed by atoms with E-state index >= 15 is 0 Å². The summed E-state index contributed by atoms with van der Waals surface area (Å²) in [6.07, 6.45) is 0. The lowest BCUT2D eigenvalue weighted by Crippen LogP contribution is -2.37. The minimum Gasteiger partial charge on any atom is -0.549 e. The third kappa shape index (κ3) is 2.32. The molecule has 1 heterocycles. The normalized spacial score (nSPS) is 11.9. The number of carboxylic acids is 1. The Morgan fingerprint density at radius 1 is 1.25 bits per heavy atom. The average molecular weight is 298 g/mol. The van der Waals surface area contributed by atoms with Gasteiger partial charge in [-0.05, 0) is 18.2 Å². The highest BCUT2D eigenvalue weighted by Crippen LogP contribution is 2.17. The number of imidazole rings is 1. The van der Waals surface area contributed by atoms with Crippen molar-refractivity contribution in [3.8, 4) is 0 Å². The molecule has 1 aromatic heterocycles. The third-order valence-electron chi connectivity index (χ3n) is 2.96. The van der Waals surface area contributed by atoms with E-state index in [4.69, 9.17) is 0 Å². The van der Waals surface area contributed by atoms with Gasteiger partial charge in [0.1, 0.15) is 0 Å². The molecule has 2 aromatic rings. The van der Waals surface area contributed by atoms with Crippen LogP contribution < -0.4 is 15.5 Å². The van der Waals surface area contributed by atoms with Crippen molar-refractivity contribution in [1.82, 2.24) is 13.9 Å². The first kappa shape index (κ1) is 14.3. The summed E-state index contributed by atoms with van der Waals surface area (Å²) in [5.41, 5.74) is 0.738. The standard InChI is InChI=1S/C11H13N3O5S/c1-13-8-4-3-7(5-9(8)14(2)11(13)17)20(18,19)12-6-10(15)16/h3-5,12H,6H2,1-2H3,(H,15,16)/p-1. The predicted octanol–water partition coefficient (Wildman–Crippen LogP) is -2.09. The summed E-state index contributed by atoms with van der Waals surface area (Å²) < 4.78 is 28.4. The average Bonchev–Trinajstić information content (AvgIpc) is 2.61. The largest absolute Gasteiger partial charge is 0.549 e. The van der Waals surface area contributed by atoms with Crippen LogP contribution in [0.2, 0.25) is 0 Å². The van der Waals surface area contributed by atoms with E-state index in [1.165, 1.54) is 34.4 Å². The summed E-state index contributed by atoms with van der Waals surface area (Å²) in [7, 11) is -0.863. The molecule has 0 spiro atoms. The van der Waals surface area contributed by atoms with Crippen LogP contribution in [0.25, 0.3) is 11.0 Å². The number of carbonyl (C=O) groups is 1. The van der Waals surface area contributed by atoms with Crippen molar-refractivity contribution in [1.29, 1.82) is 0 Å². The van der Waals surface area contributed by atoms with Crippen LogP contribution in [0.5, 0.6) is 0 Å². The Kier molecular flexibility index (Phi) is 3.40. The maximum absolute atomic E-state index is 11.9. The van der Waals surface area contributed by atoms with Gasteiger partial charge in [-0.25, -0.2) is 17.9 Å². The zero-order valence-corrected chi connectivity index (χ0v) is 11.6. The Morgan fingerprint density at radius 2 is 1.85 bits per heavy atom. The second kappa shape index (κ2) is 4.76. The molecule has 0 saturated carbocycles. The molecule has 0 radical (unpaired) electrons. The fourth-order valence-electron chi connectivity index (χ4n) is 1.89. The molecule has 8 nitrogen and oxygen atoms in total. The molecule has 1 N–H and O–H groups in total. The van der Waals surface area contributed by atoms with Crippen LogP contribution in [-0.2, 0) is 28.9 Å². The van der Waals surface area contributed by atoms with Gasteiger partial charge in [0.2, 0.25) is 10.0 Å². The maximum Gasteiger partial charge on any atom is 0.328 e. The summed E-state index contributed by atoms with van der Waals surface area (Å²) in [5.74, 6) is -1.53. The lowest BCUT2D eigenvalue weighted by Gasteiger charge is -2.07. The van der Waals surface area contributed by atoms with Crippen molar-refractivity contribution in [2.75, 3.05) is 6.54 Å². The smallest absolute Gasteiger partial charge is 0.328 e. The summed E-state index contributed by atoms with van der Waals surface area (Å²) in [6.45, 7) is -0.811. The summed E-state index contributed by atoms with van der Waals surface area (Å²) in [5, 5.41) is 10.3. The second-order valence-corrected chi connectivity index (χ2v) is 6.01. The van der Waals surface area contributed by atoms with Crippen molar-refractivity contribution in [3.63, 3.8) is 0 Å². The van der Waals surface area contributed by atoms with Gasteiger partial charge in [-0.1, -0.05) is 0 Å². The molecule has 9 heteroatoms. The number of fused-ring (bicyclic) bond motifs is 1. The number of carboxylic acid groups (broad SMARTS) is 1. The Hall–Kier alpha value is -2.13. The summed E-state index contributed by atoms with van der Waals surface area (Å²) in [4.78, 5) is 21.9. The van der Waals surface area contributed by atoms with E-state index in [9.17, 15) is 23.1 Å². The van der Waals surface area contributed by atoms with Crippen LogP contribution in [0.1, 0.15) is 0 Å². The molecule has 108 valence electrons. The molecule has 1 aromatic carbocycles. The van der Waals surface area contributed by atoms with Crippen molar-refractivity contribution in [3.05, 3.63) is 28.7 Å². The molecule has 0 atom stereocenters. The number of nitrogens with one attached hydrogen (secondary N) is 1. The van der Waals surface area contributed by atoms with E-state index in [0.717, 1.165) is 0 Å². The van der Waals surface area contributed by atoms with Crippen LogP contribution in [0, 0.1) is 0 Å². The van der Waals surface area contributed by atoms with Crippen molar-refractivity contribution in [2.45, 2.75) is 4.90 Å². The zero-order valence-electron chi connectivity index (χ0n) is 10.8. The Morgan fingerprint density at radius 3 is 2.45 bits per heavy atom. The number of nitrogens with zero attached hydrogens (tertiary/aromatic N) is 2. The molecular formula is C11H12N3O5S-. The second-order valence-electron chi connectivity index (χ2n) is 4.25. The molecule has 0 aliphatic heterocycles. The quantitative estimate of drug-likeness (QED) is 0.695. The van der Waals surface area contributed by atoms with Gasteiger partial charge in [-0.2, -0.15) is 0 Å². The molecule has 2 rings (SSSR count). The predicted molar refractivity (Wildman–Crippen MR) is 68.4 cm³/mol. The fraction of sp³-hybridized carbons (Fsp3) is 0.273. The highest BCUT2D eigenvalue weighted by molar-refractivity contribution is 7.89. The monoisotopic (exact) mass is 298 g/mol. The number of benzene rings is 1. The number of sulfonamides is 1. The number of rotatable bonds is 4. The molecule has 0 fully saturated rings. The number of hydrogen-bond acceptors (Lipinski definition) is 5. The van der Waals surface area contributed by atoms with E-state index in [1.807, 2.05) is 4.72 Å². The van der Waals surface area contributed by atoms with Gasteiger partial charge in [0.25, 0.3) is 0 Å². The lowest BCUT2D eigenvalue weighted by atomic mass is 10.3. The van der Waals surface area contributed by atoms with Gasteiger partial charge < -0.3 is 9.90 Å². The zero-order chi connectivity index (χ0) is 15.1. The van der Waals surface area contributed by atoms with Gasteiger partial charge in [0.15, 0.2) is 0 Å². The first-order chi connectivity index (χ1) is 9.24. The van der Waals surface area contributed by atoms with E-state index in [1.54, 1.807) is 7.05 Å². The Balaban J connectivity index is 2.55. The molecule has 0 bridgehead atoms. The van der Waals surface area contributed by atoms with Crippen molar-refractivity contribution < 1.29 is 18.3 Å². The van der Waals surface area contributed by atoms with Crippen LogP contribution in [0.4, 0.5) is 0 Å². The third-order valence-corrected chi connectivity index (χ3v) is 4.36. The SMILES string of the molecule is Cn1c(=O)n(C)c2cc(S(=O)(=O)NCC(=O)[O-])ccc21. The number of carbonyl (C=O) groups excluding carboxylic acids is 1. The highest BCUT2D eigenvalue weighted by Gasteiger charge is 2.16. The first-order valence-corrected chi connectivity index (χ1v) is 7.07. The molecule has 0 unspecified atom stereocenters. The molecular weight excluding hydrogens is 286 g/mol. The number of aliphatic carboxylic acids is 1. The maximum atomic E-state index is 11.9. The van der Waals surface area contributed by atoms with Gasteiger partial charge in [-0.15, -0.1) is 0 Å². The van der Waals surface area contributed by atoms with Gasteiger partial charge in [-0.3, -0.25) is 9.13 Å². The van der Waals surface area contributed by atoms with Gasteiger partial charge >= 0.3 is 5.69 Å². The number of aromatic nitrogens is 2. The van der Waals surface area contributed by atoms with E-state index in [-0.39, 0.29) is 10.6 Å². The van der Waals surface area contributed by atoms with Gasteiger partial charge in [0, 0.05) is 14.1 Å². The first-order valence-electron chi connectivity index (χ1n) is 5.59. The molecule has 0 amide bonds. The Bertz CT molecular complexity index is 847. The van der Waals surface area contributed by atoms with Crippen LogP contribution in [0.3, 0.4) is 0 Å². The lowest BCUT2D eigenvalue weighted by molar-refractivity contribution is -0.303. The minimum atomic E-state index is -3.96. The molecule has 20 heavy (non-hydrogen) atoms. The molecule has 0 saturated heterocycles. The van der Waals surface area contributed by atoms with E-state index in [2.05, 4.69) is 0 Å². The topological polar surface area (TPSA) is 113 Å². The highest BCUT2D eigenvalue weighted by atomic mass is 32.2. The number of hydrogen-bond donors (Lipinski definition) is 1. The minimum absolute atomic E-state index is 0.118. The van der Waals surface area contributed by atoms with Gasteiger partial charge in [0.05, 0.1) is 28.4 Å². The van der Waals surface area contributed by atoms with E-state index < -0.39 is 22.5 Å². The fourth-order valence-corrected chi connectivity index (χ4v) is 2.88. The van der Waals surface area contributed by atoms with Crippen LogP contribution in [-0.4, -0.2) is 30.1 Å². The van der Waals surface area contributed by atoms with Crippen LogP contribution in [0.15, 0.2) is 27.9 Å². The summed E-state index contributed by atoms with van der Waals surface area (Å²) in [6, 6.07) is 4.11. The molecule has 0 aliphatic carbocycles. The van der Waals surface area contributed by atoms with Crippen LogP contribution >= 0.6 is 0 Å².